The van der Waals surface area contributed by atoms with E-state index in [2.05, 4.69) is 28.1 Å². The van der Waals surface area contributed by atoms with Crippen LogP contribution in [0.2, 0.25) is 0 Å². The van der Waals surface area contributed by atoms with Crippen LogP contribution in [-0.4, -0.2) is 23.9 Å². The first-order valence-electron chi connectivity index (χ1n) is 5.97. The SMILES string of the molecule is NCCC(=O)N1CCCC1c1cccc(Br)c1. The molecule has 1 fully saturated rings. The van der Waals surface area contributed by atoms with Gasteiger partial charge in [0.1, 0.15) is 0 Å². The van der Waals surface area contributed by atoms with E-state index >= 15 is 0 Å². The van der Waals surface area contributed by atoms with Crippen LogP contribution in [0.5, 0.6) is 0 Å². The van der Waals surface area contributed by atoms with Crippen LogP contribution in [0.1, 0.15) is 30.9 Å². The first-order valence-corrected chi connectivity index (χ1v) is 6.76. The number of hydrogen-bond acceptors (Lipinski definition) is 2. The second kappa shape index (κ2) is 5.65. The Kier molecular flexibility index (Phi) is 4.18. The molecule has 2 N–H and O–H groups in total. The summed E-state index contributed by atoms with van der Waals surface area (Å²) in [6.07, 6.45) is 2.57. The van der Waals surface area contributed by atoms with Crippen molar-refractivity contribution in [1.82, 2.24) is 4.90 Å². The van der Waals surface area contributed by atoms with Crippen molar-refractivity contribution in [3.63, 3.8) is 0 Å². The predicted molar refractivity (Wildman–Crippen MR) is 71.5 cm³/mol. The molecule has 0 spiro atoms. The molecule has 3 nitrogen and oxygen atoms in total. The van der Waals surface area contributed by atoms with Crippen molar-refractivity contribution in [3.05, 3.63) is 34.3 Å². The smallest absolute Gasteiger partial charge is 0.224 e. The van der Waals surface area contributed by atoms with Crippen LogP contribution in [0.4, 0.5) is 0 Å². The molecular weight excluding hydrogens is 280 g/mol. The molecule has 0 aliphatic carbocycles. The van der Waals surface area contributed by atoms with Gasteiger partial charge in [-0.25, -0.2) is 0 Å². The molecule has 1 aromatic rings. The highest BCUT2D eigenvalue weighted by Gasteiger charge is 2.29. The van der Waals surface area contributed by atoms with E-state index in [-0.39, 0.29) is 11.9 Å². The third kappa shape index (κ3) is 2.87. The van der Waals surface area contributed by atoms with Crippen molar-refractivity contribution in [1.29, 1.82) is 0 Å². The fraction of sp³-hybridized carbons (Fsp3) is 0.462. The van der Waals surface area contributed by atoms with Gasteiger partial charge in [0.2, 0.25) is 5.91 Å². The van der Waals surface area contributed by atoms with Gasteiger partial charge in [0.25, 0.3) is 0 Å². The minimum absolute atomic E-state index is 0.176. The molecule has 4 heteroatoms. The zero-order valence-corrected chi connectivity index (χ0v) is 11.3. The van der Waals surface area contributed by atoms with Crippen LogP contribution in [0.15, 0.2) is 28.7 Å². The molecule has 1 saturated heterocycles. The number of nitrogens with two attached hydrogens (primary N) is 1. The van der Waals surface area contributed by atoms with E-state index in [0.29, 0.717) is 13.0 Å². The molecule has 2 rings (SSSR count). The van der Waals surface area contributed by atoms with E-state index < -0.39 is 0 Å². The highest BCUT2D eigenvalue weighted by Crippen LogP contribution is 2.33. The maximum atomic E-state index is 11.9. The maximum absolute atomic E-state index is 11.9. The van der Waals surface area contributed by atoms with Crippen molar-refractivity contribution < 1.29 is 4.79 Å². The highest BCUT2D eigenvalue weighted by molar-refractivity contribution is 9.10. The number of nitrogens with zero attached hydrogens (tertiary/aromatic N) is 1. The molecule has 92 valence electrons. The molecule has 17 heavy (non-hydrogen) atoms. The lowest BCUT2D eigenvalue weighted by molar-refractivity contribution is -0.131. The molecule has 0 saturated carbocycles. The number of carbonyl (C=O) groups excluding carboxylic acids is 1. The summed E-state index contributed by atoms with van der Waals surface area (Å²) < 4.78 is 1.06. The van der Waals surface area contributed by atoms with Gasteiger partial charge < -0.3 is 10.6 Å². The lowest BCUT2D eigenvalue weighted by atomic mass is 10.0. The Hall–Kier alpha value is -0.870. The summed E-state index contributed by atoms with van der Waals surface area (Å²) in [5, 5.41) is 0. The summed E-state index contributed by atoms with van der Waals surface area (Å²) in [7, 11) is 0. The van der Waals surface area contributed by atoms with Crippen LogP contribution >= 0.6 is 15.9 Å². The molecule has 0 bridgehead atoms. The normalized spacial score (nSPS) is 19.6. The van der Waals surface area contributed by atoms with Crippen LogP contribution in [0.3, 0.4) is 0 Å². The average molecular weight is 297 g/mol. The lowest BCUT2D eigenvalue weighted by Crippen LogP contribution is -2.31. The van der Waals surface area contributed by atoms with Crippen molar-refractivity contribution in [3.8, 4) is 0 Å². The van der Waals surface area contributed by atoms with Gasteiger partial charge in [0, 0.05) is 24.0 Å². The van der Waals surface area contributed by atoms with Crippen molar-refractivity contribution >= 4 is 21.8 Å². The number of benzene rings is 1. The molecule has 1 aliphatic heterocycles. The first kappa shape index (κ1) is 12.6. The Morgan fingerprint density at radius 3 is 3.06 bits per heavy atom. The summed E-state index contributed by atoms with van der Waals surface area (Å²) in [6, 6.07) is 8.43. The van der Waals surface area contributed by atoms with Crippen LogP contribution in [-0.2, 0) is 4.79 Å². The van der Waals surface area contributed by atoms with E-state index in [4.69, 9.17) is 5.73 Å². The van der Waals surface area contributed by atoms with Gasteiger partial charge >= 0.3 is 0 Å². The number of amides is 1. The fourth-order valence-corrected chi connectivity index (χ4v) is 2.81. The zero-order valence-electron chi connectivity index (χ0n) is 9.73. The van der Waals surface area contributed by atoms with Crippen LogP contribution < -0.4 is 5.73 Å². The monoisotopic (exact) mass is 296 g/mol. The summed E-state index contributed by atoms with van der Waals surface area (Å²) in [4.78, 5) is 13.9. The molecule has 1 aromatic carbocycles. The average Bonchev–Trinajstić information content (AvgIpc) is 2.78. The summed E-state index contributed by atoms with van der Waals surface area (Å²) in [5.74, 6) is 0.176. The number of carbonyl (C=O) groups is 1. The van der Waals surface area contributed by atoms with E-state index in [9.17, 15) is 4.79 Å². The second-order valence-corrected chi connectivity index (χ2v) is 5.25. The van der Waals surface area contributed by atoms with Crippen molar-refractivity contribution in [2.24, 2.45) is 5.73 Å². The van der Waals surface area contributed by atoms with Crippen molar-refractivity contribution in [2.75, 3.05) is 13.1 Å². The largest absolute Gasteiger partial charge is 0.336 e. The van der Waals surface area contributed by atoms with Crippen LogP contribution in [0, 0.1) is 0 Å². The highest BCUT2D eigenvalue weighted by atomic mass is 79.9. The maximum Gasteiger partial charge on any atom is 0.224 e. The molecule has 1 heterocycles. The number of likely N-dealkylation sites (tertiary alicyclic amines) is 1. The lowest BCUT2D eigenvalue weighted by Gasteiger charge is -2.25. The topological polar surface area (TPSA) is 46.3 Å². The van der Waals surface area contributed by atoms with Crippen LogP contribution in [0.25, 0.3) is 0 Å². The Morgan fingerprint density at radius 2 is 2.35 bits per heavy atom. The van der Waals surface area contributed by atoms with E-state index in [0.717, 1.165) is 23.9 Å². The Balaban J connectivity index is 2.17. The molecule has 1 aliphatic rings. The number of halogens is 1. The Labute approximate surface area is 110 Å². The van der Waals surface area contributed by atoms with E-state index in [1.165, 1.54) is 5.56 Å². The van der Waals surface area contributed by atoms with Gasteiger partial charge in [-0.15, -0.1) is 0 Å². The second-order valence-electron chi connectivity index (χ2n) is 4.34. The predicted octanol–water partition coefficient (Wildman–Crippen LogP) is 2.46. The quantitative estimate of drug-likeness (QED) is 0.931. The van der Waals surface area contributed by atoms with Gasteiger partial charge in [0.05, 0.1) is 6.04 Å². The standard InChI is InChI=1S/C13H17BrN2O/c14-11-4-1-3-10(9-11)12-5-2-8-16(12)13(17)6-7-15/h1,3-4,9,12H,2,5-8,15H2. The van der Waals surface area contributed by atoms with Crippen molar-refractivity contribution in [2.45, 2.75) is 25.3 Å². The Bertz CT molecular complexity index is 408. The summed E-state index contributed by atoms with van der Waals surface area (Å²) in [6.45, 7) is 1.29. The van der Waals surface area contributed by atoms with E-state index in [1.807, 2.05) is 17.0 Å². The minimum Gasteiger partial charge on any atom is -0.336 e. The van der Waals surface area contributed by atoms with Gasteiger partial charge in [-0.05, 0) is 30.5 Å². The molecular formula is C13H17BrN2O. The third-order valence-electron chi connectivity index (χ3n) is 3.16. The van der Waals surface area contributed by atoms with Gasteiger partial charge in [-0.1, -0.05) is 28.1 Å². The molecule has 0 aromatic heterocycles. The first-order chi connectivity index (χ1) is 8.22. The number of rotatable bonds is 3. The molecule has 0 radical (unpaired) electrons. The zero-order chi connectivity index (χ0) is 12.3. The van der Waals surface area contributed by atoms with Gasteiger partial charge in [-0.2, -0.15) is 0 Å². The molecule has 1 amide bonds. The summed E-state index contributed by atoms with van der Waals surface area (Å²) >= 11 is 3.47. The number of hydrogen-bond donors (Lipinski definition) is 1. The molecule has 1 unspecified atom stereocenters. The molecule has 1 atom stereocenters. The van der Waals surface area contributed by atoms with E-state index in [1.54, 1.807) is 0 Å². The summed E-state index contributed by atoms with van der Waals surface area (Å²) in [5.41, 5.74) is 6.66. The fourth-order valence-electron chi connectivity index (χ4n) is 2.39. The third-order valence-corrected chi connectivity index (χ3v) is 3.66. The minimum atomic E-state index is 0.176. The van der Waals surface area contributed by atoms with Gasteiger partial charge in [0.15, 0.2) is 0 Å². The van der Waals surface area contributed by atoms with Gasteiger partial charge in [-0.3, -0.25) is 4.79 Å². The Morgan fingerprint density at radius 1 is 1.53 bits per heavy atom.